The van der Waals surface area contributed by atoms with E-state index in [1.807, 2.05) is 24.3 Å². The van der Waals surface area contributed by atoms with Gasteiger partial charge >= 0.3 is 6.03 Å². The highest BCUT2D eigenvalue weighted by Crippen LogP contribution is 2.60. The van der Waals surface area contributed by atoms with Gasteiger partial charge in [0.25, 0.3) is 11.8 Å². The van der Waals surface area contributed by atoms with Crippen molar-refractivity contribution in [2.45, 2.75) is 50.5 Å². The molecule has 10 heteroatoms. The fourth-order valence-electron chi connectivity index (χ4n) is 8.47. The first-order chi connectivity index (χ1) is 21.7. The second kappa shape index (κ2) is 10.8. The third-order valence-corrected chi connectivity index (χ3v) is 10.6. The molecule has 3 aromatic carbocycles. The number of hydrogen-bond donors (Lipinski definition) is 1. The van der Waals surface area contributed by atoms with Crippen LogP contribution < -0.4 is 24.4 Å². The van der Waals surface area contributed by atoms with Crippen molar-refractivity contribution in [3.63, 3.8) is 0 Å². The standard InChI is InChI=1S/C35H30Cl2N2O6/c36-27-11-20(12-28(37)31(27)43-17-19-1-6-29-30(13-19)45-18-44-29)10-26-32(40)38-34(42)39(33(26)41)25-4-2-24(3-5-25)35-14-21-7-22(15-35)9-23(8-21)16-35/h1-6,10-13,21-23H,7-9,14-18H2,(H,38,40,42)/b26-10+. The number of imide groups is 2. The zero-order valence-corrected chi connectivity index (χ0v) is 25.8. The fraction of sp³-hybridized carbons (Fsp3) is 0.343. The number of fused-ring (bicyclic) bond motifs is 1. The van der Waals surface area contributed by atoms with E-state index >= 15 is 0 Å². The number of benzene rings is 3. The van der Waals surface area contributed by atoms with Gasteiger partial charge in [0.1, 0.15) is 12.2 Å². The summed E-state index contributed by atoms with van der Waals surface area (Å²) in [6.45, 7) is 0.352. The topological polar surface area (TPSA) is 94.2 Å². The van der Waals surface area contributed by atoms with Crippen molar-refractivity contribution in [1.82, 2.24) is 5.32 Å². The molecule has 5 fully saturated rings. The Morgan fingerprint density at radius 2 is 1.51 bits per heavy atom. The summed E-state index contributed by atoms with van der Waals surface area (Å²) in [6, 6.07) is 15.6. The average molecular weight is 646 g/mol. The molecule has 4 bridgehead atoms. The number of rotatable bonds is 6. The van der Waals surface area contributed by atoms with Crippen molar-refractivity contribution in [1.29, 1.82) is 0 Å². The van der Waals surface area contributed by atoms with Gasteiger partial charge in [-0.15, -0.1) is 0 Å². The van der Waals surface area contributed by atoms with Crippen molar-refractivity contribution >= 4 is 52.8 Å². The maximum absolute atomic E-state index is 13.6. The molecule has 0 atom stereocenters. The van der Waals surface area contributed by atoms with E-state index in [9.17, 15) is 14.4 Å². The van der Waals surface area contributed by atoms with Crippen molar-refractivity contribution < 1.29 is 28.6 Å². The lowest BCUT2D eigenvalue weighted by Gasteiger charge is -2.57. The first-order valence-electron chi connectivity index (χ1n) is 15.3. The number of anilines is 1. The fourth-order valence-corrected chi connectivity index (χ4v) is 9.09. The molecule has 2 heterocycles. The van der Waals surface area contributed by atoms with E-state index in [1.165, 1.54) is 50.2 Å². The molecule has 2 aliphatic heterocycles. The van der Waals surface area contributed by atoms with Crippen LogP contribution in [-0.2, 0) is 21.6 Å². The summed E-state index contributed by atoms with van der Waals surface area (Å²) in [7, 11) is 0. The van der Waals surface area contributed by atoms with Crippen LogP contribution in [0.1, 0.15) is 55.2 Å². The van der Waals surface area contributed by atoms with E-state index in [1.54, 1.807) is 18.2 Å². The van der Waals surface area contributed by atoms with Crippen molar-refractivity contribution in [2.24, 2.45) is 17.8 Å². The molecule has 0 unspecified atom stereocenters. The van der Waals surface area contributed by atoms with Gasteiger partial charge in [-0.3, -0.25) is 14.9 Å². The summed E-state index contributed by atoms with van der Waals surface area (Å²) in [5, 5.41) is 2.70. The first kappa shape index (κ1) is 28.5. The molecule has 8 nitrogen and oxygen atoms in total. The Labute approximate surface area is 270 Å². The van der Waals surface area contributed by atoms with E-state index in [4.69, 9.17) is 37.4 Å². The number of amides is 4. The number of barbiturate groups is 1. The van der Waals surface area contributed by atoms with Gasteiger partial charge in [-0.05, 0) is 121 Å². The number of ether oxygens (including phenoxy) is 3. The van der Waals surface area contributed by atoms with Crippen LogP contribution in [0.15, 0.2) is 60.2 Å². The second-order valence-electron chi connectivity index (χ2n) is 13.0. The zero-order chi connectivity index (χ0) is 30.9. The number of urea groups is 1. The Morgan fingerprint density at radius 1 is 0.867 bits per heavy atom. The number of hydrogen-bond acceptors (Lipinski definition) is 6. The Balaban J connectivity index is 1.01. The molecular formula is C35H30Cl2N2O6. The van der Waals surface area contributed by atoms with Crippen LogP contribution in [0.2, 0.25) is 10.0 Å². The molecule has 0 aromatic heterocycles. The number of nitrogens with one attached hydrogen (secondary N) is 1. The Bertz CT molecular complexity index is 1730. The third kappa shape index (κ3) is 5.04. The molecule has 0 spiro atoms. The van der Waals surface area contributed by atoms with Gasteiger partial charge in [-0.25, -0.2) is 9.69 Å². The summed E-state index contributed by atoms with van der Waals surface area (Å²) in [6.07, 6.45) is 9.10. The quantitative estimate of drug-likeness (QED) is 0.221. The Hall–Kier alpha value is -4.01. The lowest BCUT2D eigenvalue weighted by molar-refractivity contribution is -0.122. The number of halogens is 2. The summed E-state index contributed by atoms with van der Waals surface area (Å²) < 4.78 is 16.7. The predicted octanol–water partition coefficient (Wildman–Crippen LogP) is 7.44. The maximum Gasteiger partial charge on any atom is 0.335 e. The van der Waals surface area contributed by atoms with Gasteiger partial charge in [-0.2, -0.15) is 0 Å². The zero-order valence-electron chi connectivity index (χ0n) is 24.3. The van der Waals surface area contributed by atoms with Gasteiger partial charge in [0.15, 0.2) is 17.2 Å². The van der Waals surface area contributed by atoms with Gasteiger partial charge in [0, 0.05) is 0 Å². The van der Waals surface area contributed by atoms with E-state index < -0.39 is 17.8 Å². The highest BCUT2D eigenvalue weighted by molar-refractivity contribution is 6.40. The molecule has 1 saturated heterocycles. The average Bonchev–Trinajstić information content (AvgIpc) is 3.47. The predicted molar refractivity (Wildman–Crippen MR) is 169 cm³/mol. The second-order valence-corrected chi connectivity index (χ2v) is 13.8. The van der Waals surface area contributed by atoms with Crippen LogP contribution in [0.3, 0.4) is 0 Å². The van der Waals surface area contributed by atoms with Crippen LogP contribution in [-0.4, -0.2) is 24.6 Å². The molecule has 4 aliphatic carbocycles. The van der Waals surface area contributed by atoms with Gasteiger partial charge in [0.2, 0.25) is 6.79 Å². The SMILES string of the molecule is O=C1NC(=O)N(c2ccc(C34CC5CC(CC(C5)C3)C4)cc2)C(=O)/C1=C/c1cc(Cl)c(OCc2ccc3c(c2)OCO3)c(Cl)c1. The molecule has 45 heavy (non-hydrogen) atoms. The molecule has 0 radical (unpaired) electrons. The minimum Gasteiger partial charge on any atom is -0.486 e. The maximum atomic E-state index is 13.6. The highest BCUT2D eigenvalue weighted by Gasteiger charge is 2.51. The van der Waals surface area contributed by atoms with E-state index in [2.05, 4.69) is 17.4 Å². The van der Waals surface area contributed by atoms with Crippen LogP contribution in [0.25, 0.3) is 6.08 Å². The molecule has 230 valence electrons. The monoisotopic (exact) mass is 644 g/mol. The smallest absolute Gasteiger partial charge is 0.335 e. The van der Waals surface area contributed by atoms with Crippen LogP contribution in [0.5, 0.6) is 17.2 Å². The Kier molecular flexibility index (Phi) is 6.84. The van der Waals surface area contributed by atoms with Gasteiger partial charge in [-0.1, -0.05) is 41.4 Å². The molecule has 9 rings (SSSR count). The number of carbonyl (C=O) groups is 3. The molecule has 1 N–H and O–H groups in total. The van der Waals surface area contributed by atoms with Crippen molar-refractivity contribution in [3.05, 3.63) is 86.9 Å². The van der Waals surface area contributed by atoms with Crippen LogP contribution in [0, 0.1) is 17.8 Å². The number of carbonyl (C=O) groups excluding carboxylic acids is 3. The molecule has 3 aromatic rings. The van der Waals surface area contributed by atoms with Gasteiger partial charge in [0.05, 0.1) is 15.7 Å². The summed E-state index contributed by atoms with van der Waals surface area (Å²) in [5.74, 6) is 2.47. The largest absolute Gasteiger partial charge is 0.486 e. The Morgan fingerprint density at radius 3 is 2.18 bits per heavy atom. The highest BCUT2D eigenvalue weighted by atomic mass is 35.5. The first-order valence-corrected chi connectivity index (χ1v) is 16.0. The normalized spacial score (nSPS) is 27.3. The summed E-state index contributed by atoms with van der Waals surface area (Å²) >= 11 is 13.1. The molecule has 6 aliphatic rings. The van der Waals surface area contributed by atoms with E-state index in [-0.39, 0.29) is 40.2 Å². The summed E-state index contributed by atoms with van der Waals surface area (Å²) in [4.78, 5) is 40.3. The molecular weight excluding hydrogens is 615 g/mol. The van der Waals surface area contributed by atoms with Crippen molar-refractivity contribution in [3.8, 4) is 17.2 Å². The lowest BCUT2D eigenvalue weighted by atomic mass is 9.48. The minimum atomic E-state index is -0.790. The molecule has 4 amide bonds. The van der Waals surface area contributed by atoms with E-state index in [0.717, 1.165) is 28.2 Å². The number of nitrogens with zero attached hydrogens (tertiary/aromatic N) is 1. The minimum absolute atomic E-state index is 0.175. The van der Waals surface area contributed by atoms with Gasteiger partial charge < -0.3 is 14.2 Å². The van der Waals surface area contributed by atoms with Crippen molar-refractivity contribution in [2.75, 3.05) is 11.7 Å². The van der Waals surface area contributed by atoms with Crippen LogP contribution >= 0.6 is 23.2 Å². The lowest BCUT2D eigenvalue weighted by Crippen LogP contribution is -2.54. The van der Waals surface area contributed by atoms with E-state index in [0.29, 0.717) is 22.7 Å². The molecule has 4 saturated carbocycles. The third-order valence-electron chi connectivity index (χ3n) is 10.0. The van der Waals surface area contributed by atoms with Crippen LogP contribution in [0.4, 0.5) is 10.5 Å². The summed E-state index contributed by atoms with van der Waals surface area (Å²) in [5.41, 5.74) is 2.92.